The van der Waals surface area contributed by atoms with Gasteiger partial charge in [0.1, 0.15) is 17.2 Å². The first-order valence-corrected chi connectivity index (χ1v) is 6.54. The molecule has 1 aromatic heterocycles. The molecule has 0 saturated heterocycles. The highest BCUT2D eigenvalue weighted by molar-refractivity contribution is 9.10. The van der Waals surface area contributed by atoms with E-state index in [-0.39, 0.29) is 0 Å². The summed E-state index contributed by atoms with van der Waals surface area (Å²) in [7, 11) is 3.22. The van der Waals surface area contributed by atoms with Crippen LogP contribution >= 0.6 is 15.9 Å². The zero-order valence-corrected chi connectivity index (χ0v) is 12.3. The van der Waals surface area contributed by atoms with Crippen molar-refractivity contribution in [1.82, 2.24) is 4.98 Å². The number of aromatic nitrogens is 1. The average molecular weight is 323 g/mol. The SMILES string of the molecule is COc1cc(Br)ccc1C(N)c1ncccc1OC. The molecular formula is C14H15BrN2O2. The summed E-state index contributed by atoms with van der Waals surface area (Å²) in [5.41, 5.74) is 7.83. The number of hydrogen-bond donors (Lipinski definition) is 1. The summed E-state index contributed by atoms with van der Waals surface area (Å²) in [4.78, 5) is 4.31. The summed E-state index contributed by atoms with van der Waals surface area (Å²) in [6.45, 7) is 0. The number of nitrogens with two attached hydrogens (primary N) is 1. The van der Waals surface area contributed by atoms with Crippen LogP contribution in [0.5, 0.6) is 11.5 Å². The van der Waals surface area contributed by atoms with E-state index in [9.17, 15) is 0 Å². The molecule has 2 rings (SSSR count). The Kier molecular flexibility index (Phi) is 4.39. The summed E-state index contributed by atoms with van der Waals surface area (Å²) in [6.07, 6.45) is 1.70. The lowest BCUT2D eigenvalue weighted by Gasteiger charge is -2.17. The Balaban J connectivity index is 2.46. The number of nitrogens with zero attached hydrogens (tertiary/aromatic N) is 1. The summed E-state index contributed by atoms with van der Waals surface area (Å²) in [6, 6.07) is 8.97. The molecule has 0 radical (unpaired) electrons. The molecule has 1 aromatic carbocycles. The van der Waals surface area contributed by atoms with Gasteiger partial charge in [-0.15, -0.1) is 0 Å². The van der Waals surface area contributed by atoms with Gasteiger partial charge in [-0.05, 0) is 24.3 Å². The fourth-order valence-electron chi connectivity index (χ4n) is 1.90. The van der Waals surface area contributed by atoms with Crippen LogP contribution in [0.15, 0.2) is 41.0 Å². The van der Waals surface area contributed by atoms with E-state index in [2.05, 4.69) is 20.9 Å². The highest BCUT2D eigenvalue weighted by Gasteiger charge is 2.19. The lowest BCUT2D eigenvalue weighted by molar-refractivity contribution is 0.397. The average Bonchev–Trinajstić information content (AvgIpc) is 2.46. The van der Waals surface area contributed by atoms with Gasteiger partial charge in [0, 0.05) is 16.2 Å². The second kappa shape index (κ2) is 6.04. The van der Waals surface area contributed by atoms with Gasteiger partial charge in [0.05, 0.1) is 20.3 Å². The fourth-order valence-corrected chi connectivity index (χ4v) is 2.24. The summed E-state index contributed by atoms with van der Waals surface area (Å²) in [5, 5.41) is 0. The van der Waals surface area contributed by atoms with Crippen LogP contribution in [-0.4, -0.2) is 19.2 Å². The molecule has 0 aliphatic carbocycles. The van der Waals surface area contributed by atoms with Gasteiger partial charge >= 0.3 is 0 Å². The maximum Gasteiger partial charge on any atom is 0.142 e. The zero-order chi connectivity index (χ0) is 13.8. The molecule has 2 N–H and O–H groups in total. The van der Waals surface area contributed by atoms with Gasteiger partial charge < -0.3 is 15.2 Å². The Morgan fingerprint density at radius 1 is 1.16 bits per heavy atom. The fraction of sp³-hybridized carbons (Fsp3) is 0.214. The van der Waals surface area contributed by atoms with Crippen molar-refractivity contribution in [3.8, 4) is 11.5 Å². The topological polar surface area (TPSA) is 57.4 Å². The van der Waals surface area contributed by atoms with E-state index in [1.165, 1.54) is 0 Å². The molecule has 0 saturated carbocycles. The number of methoxy groups -OCH3 is 2. The van der Waals surface area contributed by atoms with Crippen molar-refractivity contribution in [3.05, 3.63) is 52.3 Å². The minimum atomic E-state index is -0.404. The number of ether oxygens (including phenoxy) is 2. The molecule has 19 heavy (non-hydrogen) atoms. The molecule has 0 spiro atoms. The quantitative estimate of drug-likeness (QED) is 0.940. The minimum absolute atomic E-state index is 0.404. The van der Waals surface area contributed by atoms with Crippen molar-refractivity contribution in [2.45, 2.75) is 6.04 Å². The number of hydrogen-bond acceptors (Lipinski definition) is 4. The maximum absolute atomic E-state index is 6.28. The normalized spacial score (nSPS) is 12.0. The smallest absolute Gasteiger partial charge is 0.142 e. The Labute approximate surface area is 120 Å². The molecule has 0 bridgehead atoms. The molecule has 0 fully saturated rings. The molecule has 1 atom stereocenters. The van der Waals surface area contributed by atoms with Crippen LogP contribution in [0, 0.1) is 0 Å². The van der Waals surface area contributed by atoms with Gasteiger partial charge in [-0.25, -0.2) is 0 Å². The molecule has 0 amide bonds. The first kappa shape index (κ1) is 13.8. The number of benzene rings is 1. The summed E-state index contributed by atoms with van der Waals surface area (Å²) >= 11 is 3.41. The summed E-state index contributed by atoms with van der Waals surface area (Å²) < 4.78 is 11.6. The van der Waals surface area contributed by atoms with Crippen molar-refractivity contribution < 1.29 is 9.47 Å². The van der Waals surface area contributed by atoms with Crippen molar-refractivity contribution in [1.29, 1.82) is 0 Å². The van der Waals surface area contributed by atoms with Crippen LogP contribution in [0.4, 0.5) is 0 Å². The third kappa shape index (κ3) is 2.88. The van der Waals surface area contributed by atoms with E-state index in [4.69, 9.17) is 15.2 Å². The number of pyridine rings is 1. The molecule has 2 aromatic rings. The van der Waals surface area contributed by atoms with Gasteiger partial charge in [-0.1, -0.05) is 22.0 Å². The molecule has 100 valence electrons. The molecule has 4 nitrogen and oxygen atoms in total. The monoisotopic (exact) mass is 322 g/mol. The second-order valence-electron chi connectivity index (χ2n) is 3.95. The Morgan fingerprint density at radius 2 is 1.89 bits per heavy atom. The Hall–Kier alpha value is -1.59. The van der Waals surface area contributed by atoms with Crippen molar-refractivity contribution in [2.75, 3.05) is 14.2 Å². The zero-order valence-electron chi connectivity index (χ0n) is 10.8. The predicted molar refractivity (Wildman–Crippen MR) is 77.5 cm³/mol. The van der Waals surface area contributed by atoms with Gasteiger partial charge in [-0.3, -0.25) is 4.98 Å². The lowest BCUT2D eigenvalue weighted by atomic mass is 10.0. The third-order valence-electron chi connectivity index (χ3n) is 2.84. The first-order chi connectivity index (χ1) is 9.17. The highest BCUT2D eigenvalue weighted by atomic mass is 79.9. The van der Waals surface area contributed by atoms with E-state index in [1.54, 1.807) is 20.4 Å². The van der Waals surface area contributed by atoms with Gasteiger partial charge in [0.2, 0.25) is 0 Å². The van der Waals surface area contributed by atoms with Crippen molar-refractivity contribution in [2.24, 2.45) is 5.73 Å². The Bertz CT molecular complexity index is 575. The van der Waals surface area contributed by atoms with E-state index in [0.29, 0.717) is 11.4 Å². The standard InChI is InChI=1S/C14H15BrN2O2/c1-18-11-4-3-7-17-14(11)13(16)10-6-5-9(15)8-12(10)19-2/h3-8,13H,16H2,1-2H3. The van der Waals surface area contributed by atoms with Crippen LogP contribution in [0.2, 0.25) is 0 Å². The van der Waals surface area contributed by atoms with Crippen LogP contribution in [0.3, 0.4) is 0 Å². The van der Waals surface area contributed by atoms with Gasteiger partial charge in [0.25, 0.3) is 0 Å². The maximum atomic E-state index is 6.28. The van der Waals surface area contributed by atoms with E-state index in [0.717, 1.165) is 15.8 Å². The molecule has 0 aliphatic heterocycles. The molecule has 1 unspecified atom stereocenters. The van der Waals surface area contributed by atoms with E-state index in [1.807, 2.05) is 30.3 Å². The number of rotatable bonds is 4. The highest BCUT2D eigenvalue weighted by Crippen LogP contribution is 2.33. The van der Waals surface area contributed by atoms with Gasteiger partial charge in [-0.2, -0.15) is 0 Å². The second-order valence-corrected chi connectivity index (χ2v) is 4.87. The Morgan fingerprint density at radius 3 is 2.58 bits per heavy atom. The summed E-state index contributed by atoms with van der Waals surface area (Å²) in [5.74, 6) is 1.38. The third-order valence-corrected chi connectivity index (χ3v) is 3.34. The largest absolute Gasteiger partial charge is 0.496 e. The van der Waals surface area contributed by atoms with Crippen molar-refractivity contribution in [3.63, 3.8) is 0 Å². The van der Waals surface area contributed by atoms with E-state index >= 15 is 0 Å². The van der Waals surface area contributed by atoms with Crippen LogP contribution in [0.25, 0.3) is 0 Å². The molecule has 1 heterocycles. The predicted octanol–water partition coefficient (Wildman–Crippen LogP) is 2.91. The van der Waals surface area contributed by atoms with Gasteiger partial charge in [0.15, 0.2) is 0 Å². The first-order valence-electron chi connectivity index (χ1n) is 5.75. The van der Waals surface area contributed by atoms with Crippen LogP contribution in [0.1, 0.15) is 17.3 Å². The van der Waals surface area contributed by atoms with Crippen molar-refractivity contribution >= 4 is 15.9 Å². The van der Waals surface area contributed by atoms with Crippen LogP contribution in [-0.2, 0) is 0 Å². The lowest BCUT2D eigenvalue weighted by Crippen LogP contribution is -2.15. The number of halogens is 1. The minimum Gasteiger partial charge on any atom is -0.496 e. The van der Waals surface area contributed by atoms with Crippen LogP contribution < -0.4 is 15.2 Å². The molecule has 5 heteroatoms. The molecular weight excluding hydrogens is 308 g/mol. The van der Waals surface area contributed by atoms with E-state index < -0.39 is 6.04 Å². The molecule has 0 aliphatic rings.